The lowest BCUT2D eigenvalue weighted by atomic mass is 10.0. The minimum absolute atomic E-state index is 0.155. The summed E-state index contributed by atoms with van der Waals surface area (Å²) >= 11 is 0. The van der Waals surface area contributed by atoms with E-state index in [9.17, 15) is 4.79 Å². The number of piperidine rings is 1. The van der Waals surface area contributed by atoms with Gasteiger partial charge in [0.25, 0.3) is 0 Å². The number of carbonyl (C=O) groups is 1. The largest absolute Gasteiger partial charge is 0.469 e. The molecular weight excluding hydrogens is 194 g/mol. The van der Waals surface area contributed by atoms with Gasteiger partial charge in [-0.25, -0.2) is 0 Å². The monoisotopic (exact) mass is 215 g/mol. The van der Waals surface area contributed by atoms with Gasteiger partial charge in [0.05, 0.1) is 13.7 Å². The van der Waals surface area contributed by atoms with Gasteiger partial charge in [0.1, 0.15) is 0 Å². The molecule has 0 aromatic heterocycles. The molecule has 0 aromatic carbocycles. The van der Waals surface area contributed by atoms with Crippen LogP contribution in [0.2, 0.25) is 0 Å². The molecule has 88 valence electrons. The van der Waals surface area contributed by atoms with Crippen molar-refractivity contribution in [1.82, 2.24) is 5.32 Å². The van der Waals surface area contributed by atoms with Gasteiger partial charge in [-0.2, -0.15) is 0 Å². The van der Waals surface area contributed by atoms with Crippen LogP contribution >= 0.6 is 0 Å². The van der Waals surface area contributed by atoms with E-state index in [0.717, 1.165) is 26.1 Å². The van der Waals surface area contributed by atoms with Crippen LogP contribution in [0.15, 0.2) is 0 Å². The first kappa shape index (κ1) is 12.5. The van der Waals surface area contributed by atoms with Gasteiger partial charge in [0.15, 0.2) is 0 Å². The fourth-order valence-corrected chi connectivity index (χ4v) is 1.74. The first-order valence-corrected chi connectivity index (χ1v) is 5.68. The Hall–Kier alpha value is -0.610. The summed E-state index contributed by atoms with van der Waals surface area (Å²) in [5.74, 6) is 0.495. The van der Waals surface area contributed by atoms with Gasteiger partial charge >= 0.3 is 5.97 Å². The number of methoxy groups -OCH3 is 1. The molecule has 0 saturated carbocycles. The number of esters is 1. The van der Waals surface area contributed by atoms with E-state index in [4.69, 9.17) is 4.74 Å². The SMILES string of the molecule is COC(=O)CCCOCC1CCCNC1. The quantitative estimate of drug-likeness (QED) is 0.529. The lowest BCUT2D eigenvalue weighted by Crippen LogP contribution is -2.32. The Morgan fingerprint density at radius 1 is 1.53 bits per heavy atom. The molecule has 1 N–H and O–H groups in total. The van der Waals surface area contributed by atoms with Crippen molar-refractivity contribution >= 4 is 5.97 Å². The molecule has 0 aromatic rings. The molecule has 4 nitrogen and oxygen atoms in total. The number of ether oxygens (including phenoxy) is 2. The number of rotatable bonds is 6. The second-order valence-corrected chi connectivity index (χ2v) is 3.97. The standard InChI is InChI=1S/C11H21NO3/c1-14-11(13)5-3-7-15-9-10-4-2-6-12-8-10/h10,12H,2-9H2,1H3. The van der Waals surface area contributed by atoms with Crippen molar-refractivity contribution in [2.24, 2.45) is 5.92 Å². The van der Waals surface area contributed by atoms with Crippen LogP contribution in [0.25, 0.3) is 0 Å². The van der Waals surface area contributed by atoms with Crippen molar-refractivity contribution in [2.45, 2.75) is 25.7 Å². The number of hydrogen-bond acceptors (Lipinski definition) is 4. The Bertz CT molecular complexity index is 179. The summed E-state index contributed by atoms with van der Waals surface area (Å²) in [4.78, 5) is 10.8. The smallest absolute Gasteiger partial charge is 0.305 e. The zero-order valence-corrected chi connectivity index (χ0v) is 9.46. The van der Waals surface area contributed by atoms with Gasteiger partial charge in [0, 0.05) is 19.6 Å². The van der Waals surface area contributed by atoms with Crippen LogP contribution in [0.3, 0.4) is 0 Å². The minimum Gasteiger partial charge on any atom is -0.469 e. The maximum Gasteiger partial charge on any atom is 0.305 e. The summed E-state index contributed by atoms with van der Waals surface area (Å²) in [5, 5.41) is 3.35. The third-order valence-corrected chi connectivity index (χ3v) is 2.65. The number of carbonyl (C=O) groups excluding carboxylic acids is 1. The highest BCUT2D eigenvalue weighted by Gasteiger charge is 2.12. The zero-order chi connectivity index (χ0) is 10.9. The lowest BCUT2D eigenvalue weighted by molar-refractivity contribution is -0.141. The van der Waals surface area contributed by atoms with E-state index in [2.05, 4.69) is 10.1 Å². The van der Waals surface area contributed by atoms with Crippen molar-refractivity contribution in [3.63, 3.8) is 0 Å². The van der Waals surface area contributed by atoms with Crippen LogP contribution in [0, 0.1) is 5.92 Å². The summed E-state index contributed by atoms with van der Waals surface area (Å²) in [7, 11) is 1.41. The first-order chi connectivity index (χ1) is 7.33. The average molecular weight is 215 g/mol. The Labute approximate surface area is 91.3 Å². The second-order valence-electron chi connectivity index (χ2n) is 3.97. The van der Waals surface area contributed by atoms with Crippen LogP contribution in [-0.2, 0) is 14.3 Å². The molecule has 4 heteroatoms. The lowest BCUT2D eigenvalue weighted by Gasteiger charge is -2.22. The summed E-state index contributed by atoms with van der Waals surface area (Å²) < 4.78 is 10.1. The molecule has 15 heavy (non-hydrogen) atoms. The second kappa shape index (κ2) is 7.65. The Morgan fingerprint density at radius 2 is 2.40 bits per heavy atom. The van der Waals surface area contributed by atoms with Crippen molar-refractivity contribution in [3.8, 4) is 0 Å². The van der Waals surface area contributed by atoms with Gasteiger partial charge < -0.3 is 14.8 Å². The van der Waals surface area contributed by atoms with E-state index in [1.165, 1.54) is 20.0 Å². The van der Waals surface area contributed by atoms with E-state index in [1.54, 1.807) is 0 Å². The molecule has 1 heterocycles. The Kier molecular flexibility index (Phi) is 6.36. The van der Waals surface area contributed by atoms with Crippen LogP contribution in [-0.4, -0.2) is 39.4 Å². The molecule has 0 radical (unpaired) electrons. The molecule has 1 saturated heterocycles. The molecule has 1 aliphatic rings. The summed E-state index contributed by atoms with van der Waals surface area (Å²) in [5.41, 5.74) is 0. The van der Waals surface area contributed by atoms with E-state index in [-0.39, 0.29) is 5.97 Å². The van der Waals surface area contributed by atoms with Gasteiger partial charge in [0.2, 0.25) is 0 Å². The Balaban J connectivity index is 1.89. The zero-order valence-electron chi connectivity index (χ0n) is 9.46. The summed E-state index contributed by atoms with van der Waals surface area (Å²) in [6, 6.07) is 0. The molecule has 1 aliphatic heterocycles. The predicted molar refractivity (Wildman–Crippen MR) is 57.7 cm³/mol. The van der Waals surface area contributed by atoms with Crippen molar-refractivity contribution in [2.75, 3.05) is 33.4 Å². The molecule has 1 rings (SSSR count). The highest BCUT2D eigenvalue weighted by atomic mass is 16.5. The van der Waals surface area contributed by atoms with Crippen LogP contribution < -0.4 is 5.32 Å². The van der Waals surface area contributed by atoms with Crippen molar-refractivity contribution < 1.29 is 14.3 Å². The maximum atomic E-state index is 10.8. The van der Waals surface area contributed by atoms with Crippen LogP contribution in [0.4, 0.5) is 0 Å². The van der Waals surface area contributed by atoms with E-state index in [0.29, 0.717) is 18.9 Å². The van der Waals surface area contributed by atoms with E-state index >= 15 is 0 Å². The third kappa shape index (κ3) is 5.74. The Morgan fingerprint density at radius 3 is 3.07 bits per heavy atom. The fourth-order valence-electron chi connectivity index (χ4n) is 1.74. The summed E-state index contributed by atoms with van der Waals surface area (Å²) in [6.45, 7) is 3.68. The molecule has 1 fully saturated rings. The number of hydrogen-bond donors (Lipinski definition) is 1. The van der Waals surface area contributed by atoms with Gasteiger partial charge in [-0.3, -0.25) is 4.79 Å². The van der Waals surface area contributed by atoms with Crippen molar-refractivity contribution in [3.05, 3.63) is 0 Å². The topological polar surface area (TPSA) is 47.6 Å². The highest BCUT2D eigenvalue weighted by molar-refractivity contribution is 5.68. The maximum absolute atomic E-state index is 10.8. The normalized spacial score (nSPS) is 21.3. The number of nitrogens with one attached hydrogen (secondary N) is 1. The van der Waals surface area contributed by atoms with Gasteiger partial charge in [-0.15, -0.1) is 0 Å². The molecular formula is C11H21NO3. The third-order valence-electron chi connectivity index (χ3n) is 2.65. The molecule has 0 amide bonds. The van der Waals surface area contributed by atoms with E-state index < -0.39 is 0 Å². The average Bonchev–Trinajstić information content (AvgIpc) is 2.29. The molecule has 0 bridgehead atoms. The van der Waals surface area contributed by atoms with E-state index in [1.807, 2.05) is 0 Å². The van der Waals surface area contributed by atoms with Gasteiger partial charge in [-0.1, -0.05) is 0 Å². The van der Waals surface area contributed by atoms with Crippen LogP contribution in [0.1, 0.15) is 25.7 Å². The van der Waals surface area contributed by atoms with Crippen molar-refractivity contribution in [1.29, 1.82) is 0 Å². The molecule has 0 spiro atoms. The first-order valence-electron chi connectivity index (χ1n) is 5.68. The highest BCUT2D eigenvalue weighted by Crippen LogP contribution is 2.10. The van der Waals surface area contributed by atoms with Gasteiger partial charge in [-0.05, 0) is 31.7 Å². The molecule has 1 unspecified atom stereocenters. The van der Waals surface area contributed by atoms with Crippen LogP contribution in [0.5, 0.6) is 0 Å². The minimum atomic E-state index is -0.155. The predicted octanol–water partition coefficient (Wildman–Crippen LogP) is 0.956. The molecule has 0 aliphatic carbocycles. The molecule has 1 atom stereocenters. The summed E-state index contributed by atoms with van der Waals surface area (Å²) in [6.07, 6.45) is 3.71. The fraction of sp³-hybridized carbons (Fsp3) is 0.909.